The molecule has 0 aliphatic rings. The van der Waals surface area contributed by atoms with E-state index in [0.717, 1.165) is 14.0 Å². The molecule has 0 saturated heterocycles. The number of hydrogen-bond acceptors (Lipinski definition) is 1. The number of rotatable bonds is 6. The van der Waals surface area contributed by atoms with Gasteiger partial charge in [0.2, 0.25) is 0 Å². The van der Waals surface area contributed by atoms with E-state index in [1.807, 2.05) is 0 Å². The Morgan fingerprint density at radius 2 is 1.36 bits per heavy atom. The van der Waals surface area contributed by atoms with E-state index < -0.39 is 36.0 Å². The fourth-order valence-corrected chi connectivity index (χ4v) is 2.81. The highest BCUT2D eigenvalue weighted by Crippen LogP contribution is 2.56. The molecule has 0 spiro atoms. The van der Waals surface area contributed by atoms with E-state index in [1.165, 1.54) is 24.3 Å². The van der Waals surface area contributed by atoms with Crippen LogP contribution in [-0.4, -0.2) is 31.1 Å². The van der Waals surface area contributed by atoms with Crippen molar-refractivity contribution in [3.63, 3.8) is 0 Å². The van der Waals surface area contributed by atoms with Gasteiger partial charge in [0.1, 0.15) is 0 Å². The van der Waals surface area contributed by atoms with E-state index >= 15 is 0 Å². The van der Waals surface area contributed by atoms with Crippen LogP contribution in [0.1, 0.15) is 18.9 Å². The minimum atomic E-state index is -6.92. The van der Waals surface area contributed by atoms with Gasteiger partial charge in [-0.2, -0.15) is 39.5 Å². The van der Waals surface area contributed by atoms with Crippen LogP contribution in [0.2, 0.25) is 0 Å². The number of alkyl halides is 9. The lowest BCUT2D eigenvalue weighted by Crippen LogP contribution is -2.62. The van der Waals surface area contributed by atoms with Gasteiger partial charge in [-0.15, -0.1) is 0 Å². The molecule has 1 aromatic carbocycles. The third-order valence-corrected chi connectivity index (χ3v) is 4.35. The van der Waals surface area contributed by atoms with Crippen molar-refractivity contribution in [1.82, 2.24) is 0 Å². The Morgan fingerprint density at radius 3 is 1.76 bits per heavy atom. The van der Waals surface area contributed by atoms with Gasteiger partial charge in [0.05, 0.1) is 12.0 Å². The lowest BCUT2D eigenvalue weighted by molar-refractivity contribution is -0.400. The zero-order chi connectivity index (χ0) is 19.9. The molecule has 11 heteroatoms. The minimum absolute atomic E-state index is 0.122. The van der Waals surface area contributed by atoms with Crippen molar-refractivity contribution in [2.75, 3.05) is 7.11 Å². The molecule has 0 aliphatic heterocycles. The molecule has 0 aliphatic carbocycles. The number of methoxy groups -OCH3 is 1. The summed E-state index contributed by atoms with van der Waals surface area (Å²) in [5.41, 5.74) is -2.39. The van der Waals surface area contributed by atoms with Gasteiger partial charge in [0.15, 0.2) is 0 Å². The number of halogens is 10. The number of hydrogen-bond donors (Lipinski definition) is 0. The molecule has 144 valence electrons. The van der Waals surface area contributed by atoms with Crippen molar-refractivity contribution < 1.29 is 44.3 Å². The molecule has 1 rings (SSSR count). The molecule has 0 amide bonds. The van der Waals surface area contributed by atoms with Crippen LogP contribution < -0.4 is 0 Å². The first kappa shape index (κ1) is 22.1. The molecule has 0 heterocycles. The number of ether oxygens (including phenoxy) is 1. The summed E-state index contributed by atoms with van der Waals surface area (Å²) in [6, 6.07) is 5.31. The maximum Gasteiger partial charge on any atom is 0.460 e. The van der Waals surface area contributed by atoms with Gasteiger partial charge in [-0.05, 0) is 18.6 Å². The predicted molar refractivity (Wildman–Crippen MR) is 74.0 cm³/mol. The Bertz CT molecular complexity index is 615. The van der Waals surface area contributed by atoms with E-state index in [-0.39, 0.29) is 10.0 Å². The van der Waals surface area contributed by atoms with Crippen LogP contribution >= 0.6 is 15.9 Å². The van der Waals surface area contributed by atoms with Crippen LogP contribution in [0.4, 0.5) is 39.5 Å². The van der Waals surface area contributed by atoms with Crippen LogP contribution in [-0.2, 0) is 10.3 Å². The zero-order valence-corrected chi connectivity index (χ0v) is 14.3. The summed E-state index contributed by atoms with van der Waals surface area (Å²) in [6.45, 7) is 0.878. The van der Waals surface area contributed by atoms with Gasteiger partial charge in [-0.3, -0.25) is 0 Å². The molecule has 25 heavy (non-hydrogen) atoms. The Morgan fingerprint density at radius 1 is 0.880 bits per heavy atom. The highest BCUT2D eigenvalue weighted by atomic mass is 79.9. The van der Waals surface area contributed by atoms with Crippen molar-refractivity contribution in [2.45, 2.75) is 42.9 Å². The van der Waals surface area contributed by atoms with Crippen molar-refractivity contribution in [3.8, 4) is 0 Å². The van der Waals surface area contributed by atoms with E-state index in [0.29, 0.717) is 0 Å². The van der Waals surface area contributed by atoms with E-state index in [4.69, 9.17) is 4.74 Å². The molecule has 1 nitrogen and oxygen atoms in total. The van der Waals surface area contributed by atoms with Gasteiger partial charge in [0.25, 0.3) is 0 Å². The smallest absolute Gasteiger partial charge is 0.374 e. The normalized spacial score (nSPS) is 16.6. The topological polar surface area (TPSA) is 9.23 Å². The monoisotopic (exact) mass is 446 g/mol. The largest absolute Gasteiger partial charge is 0.460 e. The lowest BCUT2D eigenvalue weighted by Gasteiger charge is -2.38. The second-order valence-electron chi connectivity index (χ2n) is 5.44. The predicted octanol–water partition coefficient (Wildman–Crippen LogP) is 6.17. The summed E-state index contributed by atoms with van der Waals surface area (Å²) in [4.78, 5) is 0. The molecule has 1 unspecified atom stereocenters. The summed E-state index contributed by atoms with van der Waals surface area (Å²) >= 11 is 2.96. The molecule has 0 bridgehead atoms. The van der Waals surface area contributed by atoms with Crippen LogP contribution in [0.5, 0.6) is 0 Å². The molecular formula is C14H12BrF9O. The minimum Gasteiger partial charge on any atom is -0.374 e. The maximum atomic E-state index is 13.9. The zero-order valence-electron chi connectivity index (χ0n) is 12.7. The quantitative estimate of drug-likeness (QED) is 0.475. The Balaban J connectivity index is 3.36. The summed E-state index contributed by atoms with van der Waals surface area (Å²) < 4.78 is 122. The van der Waals surface area contributed by atoms with Crippen LogP contribution in [0.3, 0.4) is 0 Å². The second kappa shape index (κ2) is 6.64. The van der Waals surface area contributed by atoms with E-state index in [2.05, 4.69) is 15.9 Å². The van der Waals surface area contributed by atoms with Gasteiger partial charge in [-0.1, -0.05) is 34.1 Å². The Labute approximate surface area is 145 Å². The van der Waals surface area contributed by atoms with Crippen LogP contribution in [0.25, 0.3) is 0 Å². The Hall–Kier alpha value is -0.970. The maximum absolute atomic E-state index is 13.9. The van der Waals surface area contributed by atoms with Gasteiger partial charge in [-0.25, -0.2) is 0 Å². The van der Waals surface area contributed by atoms with E-state index in [9.17, 15) is 39.5 Å². The average molecular weight is 447 g/mol. The SMILES string of the molecule is COC(C)(CC(F)(F)C(F)(F)C(F)(F)C(F)(F)F)c1ccccc1Br. The molecule has 0 fully saturated rings. The summed E-state index contributed by atoms with van der Waals surface area (Å²) in [5, 5.41) is 0. The van der Waals surface area contributed by atoms with E-state index in [1.54, 1.807) is 0 Å². The number of benzene rings is 1. The third-order valence-electron chi connectivity index (χ3n) is 3.66. The van der Waals surface area contributed by atoms with Crippen molar-refractivity contribution in [3.05, 3.63) is 34.3 Å². The van der Waals surface area contributed by atoms with Gasteiger partial charge in [0, 0.05) is 11.6 Å². The highest BCUT2D eigenvalue weighted by Gasteiger charge is 2.82. The molecule has 1 atom stereocenters. The van der Waals surface area contributed by atoms with Crippen LogP contribution in [0.15, 0.2) is 28.7 Å². The molecule has 1 aromatic rings. The summed E-state index contributed by atoms with van der Waals surface area (Å²) in [7, 11) is 0.843. The van der Waals surface area contributed by atoms with Crippen molar-refractivity contribution >= 4 is 15.9 Å². The van der Waals surface area contributed by atoms with Gasteiger partial charge < -0.3 is 4.74 Å². The molecule has 0 aromatic heterocycles. The fourth-order valence-electron chi connectivity index (χ4n) is 2.11. The highest BCUT2D eigenvalue weighted by molar-refractivity contribution is 9.10. The molecule has 0 N–H and O–H groups in total. The molecule has 0 saturated carbocycles. The third kappa shape index (κ3) is 3.76. The summed E-state index contributed by atoms with van der Waals surface area (Å²) in [6.07, 6.45) is -8.96. The fraction of sp³-hybridized carbons (Fsp3) is 0.571. The lowest BCUT2D eigenvalue weighted by atomic mass is 9.86. The van der Waals surface area contributed by atoms with Crippen molar-refractivity contribution in [1.29, 1.82) is 0 Å². The van der Waals surface area contributed by atoms with Gasteiger partial charge >= 0.3 is 23.9 Å². The molecule has 0 radical (unpaired) electrons. The summed E-state index contributed by atoms with van der Waals surface area (Å²) in [5.74, 6) is -19.3. The second-order valence-corrected chi connectivity index (χ2v) is 6.30. The average Bonchev–Trinajstić information content (AvgIpc) is 2.45. The first-order valence-electron chi connectivity index (χ1n) is 6.54. The van der Waals surface area contributed by atoms with Crippen LogP contribution in [0, 0.1) is 0 Å². The molecular weight excluding hydrogens is 435 g/mol. The first-order valence-corrected chi connectivity index (χ1v) is 7.33. The first-order chi connectivity index (χ1) is 11.0. The standard InChI is InChI=1S/C14H12BrF9O/c1-10(25-2,8-5-3-4-6-9(8)15)7-11(16,17)12(18,19)13(20,21)14(22,23)24/h3-6H,7H2,1-2H3. The Kier molecular flexibility index (Phi) is 5.86. The van der Waals surface area contributed by atoms with Crippen molar-refractivity contribution in [2.24, 2.45) is 0 Å².